The van der Waals surface area contributed by atoms with Crippen molar-refractivity contribution in [3.05, 3.63) is 48.2 Å². The fourth-order valence-corrected chi connectivity index (χ4v) is 3.72. The summed E-state index contributed by atoms with van der Waals surface area (Å²) in [5.74, 6) is 1.88. The second-order valence-electron chi connectivity index (χ2n) is 7.37. The van der Waals surface area contributed by atoms with Gasteiger partial charge in [0, 0.05) is 51.2 Å². The molecule has 2 aromatic rings. The number of piperazine rings is 1. The first kappa shape index (κ1) is 21.0. The van der Waals surface area contributed by atoms with Crippen LogP contribution in [0.5, 0.6) is 5.75 Å². The molecule has 0 radical (unpaired) electrons. The van der Waals surface area contributed by atoms with Gasteiger partial charge in [0.1, 0.15) is 11.6 Å². The number of anilines is 2. The standard InChI is InChI=1S/C23H32N4O2/c1-4-12-26(13-5-2)22-11-6-19(18-24-22)23(28)27-16-14-25(15-17-27)20-7-9-21(29-3)10-8-20/h6-11,18H,4-5,12-17H2,1-3H3. The van der Waals surface area contributed by atoms with E-state index in [0.717, 1.165) is 56.3 Å². The quantitative estimate of drug-likeness (QED) is 0.681. The molecule has 156 valence electrons. The zero-order valence-corrected chi connectivity index (χ0v) is 17.8. The fraction of sp³-hybridized carbons (Fsp3) is 0.478. The molecule has 1 aromatic carbocycles. The molecule has 1 amide bonds. The lowest BCUT2D eigenvalue weighted by molar-refractivity contribution is 0.0746. The number of amides is 1. The Balaban J connectivity index is 1.58. The molecule has 0 N–H and O–H groups in total. The van der Waals surface area contributed by atoms with Crippen LogP contribution in [0.4, 0.5) is 11.5 Å². The van der Waals surface area contributed by atoms with Crippen molar-refractivity contribution in [2.45, 2.75) is 26.7 Å². The molecule has 1 fully saturated rings. The van der Waals surface area contributed by atoms with Crippen LogP contribution in [0, 0.1) is 0 Å². The van der Waals surface area contributed by atoms with E-state index < -0.39 is 0 Å². The van der Waals surface area contributed by atoms with Crippen molar-refractivity contribution in [3.63, 3.8) is 0 Å². The molecule has 0 unspecified atom stereocenters. The molecule has 0 atom stereocenters. The van der Waals surface area contributed by atoms with E-state index in [4.69, 9.17) is 4.74 Å². The van der Waals surface area contributed by atoms with Crippen LogP contribution in [0.25, 0.3) is 0 Å². The van der Waals surface area contributed by atoms with E-state index in [9.17, 15) is 4.79 Å². The third-order valence-corrected chi connectivity index (χ3v) is 5.31. The number of rotatable bonds is 8. The highest BCUT2D eigenvalue weighted by Gasteiger charge is 2.22. The van der Waals surface area contributed by atoms with Gasteiger partial charge in [0.25, 0.3) is 5.91 Å². The maximum absolute atomic E-state index is 12.9. The first-order valence-electron chi connectivity index (χ1n) is 10.6. The molecule has 2 heterocycles. The molecule has 0 saturated carbocycles. The van der Waals surface area contributed by atoms with Crippen molar-refractivity contribution < 1.29 is 9.53 Å². The number of benzene rings is 1. The average Bonchev–Trinajstić information content (AvgIpc) is 2.79. The molecular formula is C23H32N4O2. The highest BCUT2D eigenvalue weighted by Crippen LogP contribution is 2.21. The molecule has 1 aliphatic heterocycles. The summed E-state index contributed by atoms with van der Waals surface area (Å²) in [7, 11) is 1.67. The highest BCUT2D eigenvalue weighted by atomic mass is 16.5. The number of hydrogen-bond donors (Lipinski definition) is 0. The normalized spacial score (nSPS) is 14.0. The van der Waals surface area contributed by atoms with E-state index in [1.54, 1.807) is 13.3 Å². The summed E-state index contributed by atoms with van der Waals surface area (Å²) in [6, 6.07) is 12.0. The lowest BCUT2D eigenvalue weighted by atomic mass is 10.2. The van der Waals surface area contributed by atoms with Gasteiger partial charge in [-0.15, -0.1) is 0 Å². The highest BCUT2D eigenvalue weighted by molar-refractivity contribution is 5.94. The van der Waals surface area contributed by atoms with Crippen LogP contribution in [-0.2, 0) is 0 Å². The topological polar surface area (TPSA) is 48.9 Å². The van der Waals surface area contributed by atoms with Gasteiger partial charge in [-0.05, 0) is 49.2 Å². The van der Waals surface area contributed by atoms with Gasteiger partial charge in [-0.1, -0.05) is 13.8 Å². The molecule has 0 aliphatic carbocycles. The zero-order chi connectivity index (χ0) is 20.6. The monoisotopic (exact) mass is 396 g/mol. The Kier molecular flexibility index (Phi) is 7.33. The van der Waals surface area contributed by atoms with Gasteiger partial charge in [0.05, 0.1) is 12.7 Å². The van der Waals surface area contributed by atoms with Gasteiger partial charge in [-0.25, -0.2) is 4.98 Å². The number of ether oxygens (including phenoxy) is 1. The Morgan fingerprint density at radius 2 is 1.66 bits per heavy atom. The Bertz CT molecular complexity index is 762. The third-order valence-electron chi connectivity index (χ3n) is 5.31. The van der Waals surface area contributed by atoms with E-state index in [2.05, 4.69) is 40.8 Å². The molecule has 6 nitrogen and oxygen atoms in total. The number of nitrogens with zero attached hydrogens (tertiary/aromatic N) is 4. The molecule has 0 bridgehead atoms. The van der Waals surface area contributed by atoms with E-state index in [0.29, 0.717) is 18.7 Å². The molecule has 0 spiro atoms. The number of methoxy groups -OCH3 is 1. The Morgan fingerprint density at radius 3 is 2.17 bits per heavy atom. The summed E-state index contributed by atoms with van der Waals surface area (Å²) < 4.78 is 5.22. The van der Waals surface area contributed by atoms with Crippen molar-refractivity contribution in [2.24, 2.45) is 0 Å². The number of pyridine rings is 1. The van der Waals surface area contributed by atoms with Crippen LogP contribution in [0.3, 0.4) is 0 Å². The smallest absolute Gasteiger partial charge is 0.255 e. The second-order valence-corrected chi connectivity index (χ2v) is 7.37. The van der Waals surface area contributed by atoms with E-state index in [1.165, 1.54) is 0 Å². The Morgan fingerprint density at radius 1 is 1.00 bits per heavy atom. The first-order chi connectivity index (χ1) is 14.2. The predicted octanol–water partition coefficient (Wildman–Crippen LogP) is 3.68. The lowest BCUT2D eigenvalue weighted by Gasteiger charge is -2.36. The molecular weight excluding hydrogens is 364 g/mol. The number of aromatic nitrogens is 1. The van der Waals surface area contributed by atoms with Crippen LogP contribution in [0.15, 0.2) is 42.6 Å². The molecule has 3 rings (SSSR count). The fourth-order valence-electron chi connectivity index (χ4n) is 3.72. The van der Waals surface area contributed by atoms with Gasteiger partial charge in [-0.2, -0.15) is 0 Å². The molecule has 6 heteroatoms. The molecule has 29 heavy (non-hydrogen) atoms. The van der Waals surface area contributed by atoms with Gasteiger partial charge in [-0.3, -0.25) is 4.79 Å². The third kappa shape index (κ3) is 5.19. The Labute approximate surface area is 174 Å². The number of hydrogen-bond acceptors (Lipinski definition) is 5. The summed E-state index contributed by atoms with van der Waals surface area (Å²) in [6.07, 6.45) is 3.90. The van der Waals surface area contributed by atoms with Crippen LogP contribution >= 0.6 is 0 Å². The van der Waals surface area contributed by atoms with Gasteiger partial charge >= 0.3 is 0 Å². The van der Waals surface area contributed by atoms with E-state index in [-0.39, 0.29) is 5.91 Å². The van der Waals surface area contributed by atoms with Crippen LogP contribution in [0.1, 0.15) is 37.0 Å². The van der Waals surface area contributed by atoms with Gasteiger partial charge < -0.3 is 19.4 Å². The Hall–Kier alpha value is -2.76. The molecule has 1 aromatic heterocycles. The van der Waals surface area contributed by atoms with Crippen LogP contribution in [-0.4, -0.2) is 62.2 Å². The van der Waals surface area contributed by atoms with Gasteiger partial charge in [0.15, 0.2) is 0 Å². The van der Waals surface area contributed by atoms with Crippen molar-refractivity contribution >= 4 is 17.4 Å². The van der Waals surface area contributed by atoms with E-state index >= 15 is 0 Å². The minimum atomic E-state index is 0.0657. The number of carbonyl (C=O) groups excluding carboxylic acids is 1. The number of carbonyl (C=O) groups is 1. The minimum Gasteiger partial charge on any atom is -0.497 e. The summed E-state index contributed by atoms with van der Waals surface area (Å²) in [5, 5.41) is 0. The van der Waals surface area contributed by atoms with Crippen molar-refractivity contribution in [1.82, 2.24) is 9.88 Å². The minimum absolute atomic E-state index is 0.0657. The maximum atomic E-state index is 12.9. The summed E-state index contributed by atoms with van der Waals surface area (Å²) >= 11 is 0. The largest absolute Gasteiger partial charge is 0.497 e. The zero-order valence-electron chi connectivity index (χ0n) is 17.8. The van der Waals surface area contributed by atoms with Crippen molar-refractivity contribution in [3.8, 4) is 5.75 Å². The molecule has 1 aliphatic rings. The van der Waals surface area contributed by atoms with Crippen molar-refractivity contribution in [1.29, 1.82) is 0 Å². The summed E-state index contributed by atoms with van der Waals surface area (Å²) in [5.41, 5.74) is 1.83. The van der Waals surface area contributed by atoms with Gasteiger partial charge in [0.2, 0.25) is 0 Å². The predicted molar refractivity (Wildman–Crippen MR) is 118 cm³/mol. The average molecular weight is 397 g/mol. The lowest BCUT2D eigenvalue weighted by Crippen LogP contribution is -2.48. The van der Waals surface area contributed by atoms with Crippen LogP contribution < -0.4 is 14.5 Å². The SMILES string of the molecule is CCCN(CCC)c1ccc(C(=O)N2CCN(c3ccc(OC)cc3)CC2)cn1. The van der Waals surface area contributed by atoms with Crippen molar-refractivity contribution in [2.75, 3.05) is 56.2 Å². The summed E-state index contributed by atoms with van der Waals surface area (Å²) in [6.45, 7) is 9.39. The van der Waals surface area contributed by atoms with Crippen LogP contribution in [0.2, 0.25) is 0 Å². The second kappa shape index (κ2) is 10.1. The maximum Gasteiger partial charge on any atom is 0.255 e. The first-order valence-corrected chi connectivity index (χ1v) is 10.6. The summed E-state index contributed by atoms with van der Waals surface area (Å²) in [4.78, 5) is 24.0. The van der Waals surface area contributed by atoms with E-state index in [1.807, 2.05) is 29.2 Å². The molecule has 1 saturated heterocycles.